The molecule has 0 atom stereocenters. The first kappa shape index (κ1) is 16.5. The molecule has 8 heteroatoms. The summed E-state index contributed by atoms with van der Waals surface area (Å²) in [6, 6.07) is 6.59. The Balaban J connectivity index is 2.10. The van der Waals surface area contributed by atoms with Gasteiger partial charge in [0.05, 0.1) is 10.9 Å². The van der Waals surface area contributed by atoms with Crippen LogP contribution in [0.5, 0.6) is 0 Å². The lowest BCUT2D eigenvalue weighted by atomic mass is 10.2. The van der Waals surface area contributed by atoms with Crippen LogP contribution in [0.4, 0.5) is 0 Å². The fourth-order valence-electron chi connectivity index (χ4n) is 2.07. The van der Waals surface area contributed by atoms with Crippen LogP contribution in [0.3, 0.4) is 0 Å². The maximum atomic E-state index is 12.3. The maximum Gasteiger partial charge on any atom is 0.329 e. The summed E-state index contributed by atoms with van der Waals surface area (Å²) in [6.45, 7) is -0.245. The van der Waals surface area contributed by atoms with Crippen molar-refractivity contribution in [1.82, 2.24) is 19.8 Å². The predicted molar refractivity (Wildman–Crippen MR) is 85.1 cm³/mol. The number of hydrogen-bond acceptors (Lipinski definition) is 4. The smallest absolute Gasteiger partial charge is 0.329 e. The average Bonchev–Trinajstić information content (AvgIpc) is 2.51. The molecule has 0 fully saturated rings. The zero-order valence-electron chi connectivity index (χ0n) is 13.0. The van der Waals surface area contributed by atoms with Gasteiger partial charge in [-0.25, -0.2) is 4.79 Å². The highest BCUT2D eigenvalue weighted by Crippen LogP contribution is 2.02. The van der Waals surface area contributed by atoms with Crippen LogP contribution in [0.15, 0.2) is 33.9 Å². The highest BCUT2D eigenvalue weighted by atomic mass is 16.2. The third-order valence-electron chi connectivity index (χ3n) is 3.35. The van der Waals surface area contributed by atoms with Crippen LogP contribution in [0, 0.1) is 0 Å². The van der Waals surface area contributed by atoms with Gasteiger partial charge >= 0.3 is 5.69 Å². The number of aromatic amines is 1. The molecular weight excluding hydrogens is 300 g/mol. The van der Waals surface area contributed by atoms with Crippen molar-refractivity contribution >= 4 is 22.7 Å². The highest BCUT2D eigenvalue weighted by molar-refractivity contribution is 5.80. The molecule has 1 aromatic carbocycles. The molecule has 0 aliphatic carbocycles. The van der Waals surface area contributed by atoms with Gasteiger partial charge in [0.2, 0.25) is 11.8 Å². The van der Waals surface area contributed by atoms with Crippen LogP contribution in [-0.2, 0) is 16.1 Å². The monoisotopic (exact) mass is 318 g/mol. The van der Waals surface area contributed by atoms with E-state index in [0.717, 1.165) is 4.57 Å². The number of carbonyl (C=O) groups excluding carboxylic acids is 2. The Morgan fingerprint density at radius 1 is 1.22 bits per heavy atom. The van der Waals surface area contributed by atoms with E-state index in [1.165, 1.54) is 4.90 Å². The molecule has 2 amide bonds. The number of aromatic nitrogens is 2. The van der Waals surface area contributed by atoms with Crippen LogP contribution in [-0.4, -0.2) is 46.9 Å². The Kier molecular flexibility index (Phi) is 4.95. The fourth-order valence-corrected chi connectivity index (χ4v) is 2.07. The second-order valence-corrected chi connectivity index (χ2v) is 5.26. The SMILES string of the molecule is CN(C)C(=O)CCNC(=O)Cn1c(=O)[nH]c2ccccc2c1=O. The van der Waals surface area contributed by atoms with Gasteiger partial charge in [0.25, 0.3) is 5.56 Å². The lowest BCUT2D eigenvalue weighted by Crippen LogP contribution is -2.41. The number of H-pyrrole nitrogens is 1. The normalized spacial score (nSPS) is 10.5. The van der Waals surface area contributed by atoms with Crippen molar-refractivity contribution in [2.75, 3.05) is 20.6 Å². The molecule has 2 N–H and O–H groups in total. The Labute approximate surface area is 131 Å². The number of rotatable bonds is 5. The predicted octanol–water partition coefficient (Wildman–Crippen LogP) is -0.716. The molecule has 0 unspecified atom stereocenters. The van der Waals surface area contributed by atoms with Crippen LogP contribution in [0.1, 0.15) is 6.42 Å². The number of carbonyl (C=O) groups is 2. The summed E-state index contributed by atoms with van der Waals surface area (Å²) in [4.78, 5) is 51.4. The quantitative estimate of drug-likeness (QED) is 0.759. The molecule has 0 bridgehead atoms. The van der Waals surface area contributed by atoms with Crippen molar-refractivity contribution in [1.29, 1.82) is 0 Å². The summed E-state index contributed by atoms with van der Waals surface area (Å²) in [5.74, 6) is -0.620. The molecule has 0 saturated carbocycles. The van der Waals surface area contributed by atoms with Crippen molar-refractivity contribution in [3.05, 3.63) is 45.1 Å². The standard InChI is InChI=1S/C15H18N4O4/c1-18(2)13(21)7-8-16-12(20)9-19-14(22)10-5-3-4-6-11(10)17-15(19)23/h3-6H,7-9H2,1-2H3,(H,16,20)(H,17,23). The first-order chi connectivity index (χ1) is 10.9. The maximum absolute atomic E-state index is 12.3. The molecule has 0 radical (unpaired) electrons. The Morgan fingerprint density at radius 2 is 1.91 bits per heavy atom. The zero-order chi connectivity index (χ0) is 17.0. The zero-order valence-corrected chi connectivity index (χ0v) is 13.0. The molecule has 1 aromatic heterocycles. The van der Waals surface area contributed by atoms with E-state index in [4.69, 9.17) is 0 Å². The minimum atomic E-state index is -0.645. The topological polar surface area (TPSA) is 104 Å². The van der Waals surface area contributed by atoms with E-state index in [9.17, 15) is 19.2 Å². The van der Waals surface area contributed by atoms with Gasteiger partial charge in [0, 0.05) is 27.1 Å². The van der Waals surface area contributed by atoms with Gasteiger partial charge in [-0.1, -0.05) is 12.1 Å². The molecule has 2 rings (SSSR count). The number of hydrogen-bond donors (Lipinski definition) is 2. The van der Waals surface area contributed by atoms with Gasteiger partial charge in [0.15, 0.2) is 0 Å². The summed E-state index contributed by atoms with van der Waals surface area (Å²) >= 11 is 0. The summed E-state index contributed by atoms with van der Waals surface area (Å²) in [6.07, 6.45) is 0.154. The van der Waals surface area contributed by atoms with Crippen molar-refractivity contribution in [2.45, 2.75) is 13.0 Å². The minimum absolute atomic E-state index is 0.119. The molecule has 1 heterocycles. The Hall–Kier alpha value is -2.90. The number of benzene rings is 1. The minimum Gasteiger partial charge on any atom is -0.354 e. The molecule has 8 nitrogen and oxygen atoms in total. The van der Waals surface area contributed by atoms with Crippen LogP contribution < -0.4 is 16.6 Å². The van der Waals surface area contributed by atoms with E-state index in [0.29, 0.717) is 10.9 Å². The van der Waals surface area contributed by atoms with Crippen LogP contribution in [0.2, 0.25) is 0 Å². The second-order valence-electron chi connectivity index (χ2n) is 5.26. The molecule has 2 aromatic rings. The van der Waals surface area contributed by atoms with Crippen molar-refractivity contribution < 1.29 is 9.59 Å². The lowest BCUT2D eigenvalue weighted by molar-refractivity contribution is -0.128. The summed E-state index contributed by atoms with van der Waals surface area (Å²) in [5, 5.41) is 2.86. The van der Waals surface area contributed by atoms with Crippen LogP contribution in [0.25, 0.3) is 10.9 Å². The van der Waals surface area contributed by atoms with E-state index >= 15 is 0 Å². The van der Waals surface area contributed by atoms with E-state index < -0.39 is 23.7 Å². The third kappa shape index (κ3) is 3.85. The van der Waals surface area contributed by atoms with Gasteiger partial charge < -0.3 is 15.2 Å². The van der Waals surface area contributed by atoms with Crippen molar-refractivity contribution in [3.63, 3.8) is 0 Å². The molecule has 23 heavy (non-hydrogen) atoms. The third-order valence-corrected chi connectivity index (χ3v) is 3.35. The van der Waals surface area contributed by atoms with Crippen molar-refractivity contribution in [3.8, 4) is 0 Å². The number of nitrogens with zero attached hydrogens (tertiary/aromatic N) is 2. The number of fused-ring (bicyclic) bond motifs is 1. The first-order valence-corrected chi connectivity index (χ1v) is 7.09. The summed E-state index contributed by atoms with van der Waals surface area (Å²) in [5.41, 5.74) is -0.743. The largest absolute Gasteiger partial charge is 0.354 e. The second kappa shape index (κ2) is 6.91. The van der Waals surface area contributed by atoms with E-state index in [1.807, 2.05) is 0 Å². The van der Waals surface area contributed by atoms with Crippen LogP contribution >= 0.6 is 0 Å². The molecule has 0 aliphatic rings. The number of amides is 2. The molecule has 0 spiro atoms. The summed E-state index contributed by atoms with van der Waals surface area (Å²) < 4.78 is 0.839. The molecule has 122 valence electrons. The van der Waals surface area contributed by atoms with E-state index in [1.54, 1.807) is 38.4 Å². The molecule has 0 aliphatic heterocycles. The van der Waals surface area contributed by atoms with Crippen molar-refractivity contribution in [2.24, 2.45) is 0 Å². The average molecular weight is 318 g/mol. The Morgan fingerprint density at radius 3 is 2.61 bits per heavy atom. The first-order valence-electron chi connectivity index (χ1n) is 7.09. The van der Waals surface area contributed by atoms with Gasteiger partial charge in [-0.2, -0.15) is 0 Å². The summed E-state index contributed by atoms with van der Waals surface area (Å²) in [7, 11) is 3.25. The Bertz CT molecular complexity index is 850. The number of nitrogens with one attached hydrogen (secondary N) is 2. The highest BCUT2D eigenvalue weighted by Gasteiger charge is 2.11. The van der Waals surface area contributed by atoms with E-state index in [-0.39, 0.29) is 18.9 Å². The molecular formula is C15H18N4O4. The number of para-hydroxylation sites is 1. The fraction of sp³-hybridized carbons (Fsp3) is 0.333. The van der Waals surface area contributed by atoms with Gasteiger partial charge in [0.1, 0.15) is 6.54 Å². The van der Waals surface area contributed by atoms with Gasteiger partial charge in [-0.05, 0) is 12.1 Å². The lowest BCUT2D eigenvalue weighted by Gasteiger charge is -2.11. The van der Waals surface area contributed by atoms with Gasteiger partial charge in [-0.3, -0.25) is 19.0 Å². The van der Waals surface area contributed by atoms with Gasteiger partial charge in [-0.15, -0.1) is 0 Å². The van der Waals surface area contributed by atoms with E-state index in [2.05, 4.69) is 10.3 Å². The molecule has 0 saturated heterocycles.